The van der Waals surface area contributed by atoms with Gasteiger partial charge in [-0.3, -0.25) is 4.79 Å². The lowest BCUT2D eigenvalue weighted by Gasteiger charge is -2.38. The van der Waals surface area contributed by atoms with E-state index < -0.39 is 12.1 Å². The number of benzene rings is 2. The van der Waals surface area contributed by atoms with E-state index >= 15 is 0 Å². The minimum Gasteiger partial charge on any atom is -0.508 e. The molecule has 2 N–H and O–H groups in total. The van der Waals surface area contributed by atoms with Crippen molar-refractivity contribution in [2.24, 2.45) is 10.9 Å². The number of carbonyl (C=O) groups is 1. The Bertz CT molecular complexity index is 816. The first-order valence-corrected chi connectivity index (χ1v) is 7.63. The average Bonchev–Trinajstić information content (AvgIpc) is 2.60. The second-order valence-corrected chi connectivity index (χ2v) is 5.79. The zero-order chi connectivity index (χ0) is 16.7. The van der Waals surface area contributed by atoms with Gasteiger partial charge in [-0.1, -0.05) is 18.2 Å². The average molecular weight is 324 g/mol. The fourth-order valence-electron chi connectivity index (χ4n) is 3.32. The number of fused-ring (bicyclic) bond motifs is 2. The molecule has 0 radical (unpaired) electrons. The molecule has 1 amide bonds. The molecule has 4 rings (SSSR count). The van der Waals surface area contributed by atoms with Gasteiger partial charge in [-0.2, -0.15) is 0 Å². The highest BCUT2D eigenvalue weighted by Crippen LogP contribution is 2.46. The molecule has 3 atom stereocenters. The van der Waals surface area contributed by atoms with Crippen LogP contribution >= 0.6 is 0 Å². The summed E-state index contributed by atoms with van der Waals surface area (Å²) in [7, 11) is 1.61. The summed E-state index contributed by atoms with van der Waals surface area (Å²) in [5.41, 5.74) is 1.82. The maximum Gasteiger partial charge on any atom is 0.234 e. The van der Waals surface area contributed by atoms with Gasteiger partial charge in [0.1, 0.15) is 23.2 Å². The van der Waals surface area contributed by atoms with Crippen LogP contribution in [0.4, 0.5) is 0 Å². The van der Waals surface area contributed by atoms with Crippen LogP contribution in [0.25, 0.3) is 0 Å². The van der Waals surface area contributed by atoms with Crippen molar-refractivity contribution in [1.29, 1.82) is 0 Å². The molecule has 0 spiro atoms. The molecule has 3 unspecified atom stereocenters. The summed E-state index contributed by atoms with van der Waals surface area (Å²) in [6, 6.07) is 12.6. The number of ether oxygens (including phenoxy) is 2. The first kappa shape index (κ1) is 14.6. The largest absolute Gasteiger partial charge is 0.508 e. The summed E-state index contributed by atoms with van der Waals surface area (Å²) in [5, 5.41) is 12.4. The number of nitrogens with zero attached hydrogens (tertiary/aromatic N) is 1. The second kappa shape index (κ2) is 5.56. The molecule has 0 aliphatic carbocycles. The zero-order valence-electron chi connectivity index (χ0n) is 13.0. The molecule has 2 aromatic rings. The van der Waals surface area contributed by atoms with E-state index in [1.807, 2.05) is 24.3 Å². The molecule has 122 valence electrons. The lowest BCUT2D eigenvalue weighted by molar-refractivity contribution is -0.128. The minimum absolute atomic E-state index is 0.116. The summed E-state index contributed by atoms with van der Waals surface area (Å²) in [4.78, 5) is 16.7. The predicted octanol–water partition coefficient (Wildman–Crippen LogP) is 2.03. The highest BCUT2D eigenvalue weighted by atomic mass is 16.5. The lowest BCUT2D eigenvalue weighted by Crippen LogP contribution is -2.48. The number of phenolic OH excluding ortho intramolecular Hbond substituents is 1. The van der Waals surface area contributed by atoms with Crippen LogP contribution < -0.4 is 14.8 Å². The molecule has 0 saturated carbocycles. The molecule has 24 heavy (non-hydrogen) atoms. The minimum atomic E-state index is -0.611. The number of aliphatic imine (C=N–C) groups is 1. The van der Waals surface area contributed by atoms with E-state index in [1.165, 1.54) is 6.34 Å². The summed E-state index contributed by atoms with van der Waals surface area (Å²) in [5.74, 6) is 0.589. The highest BCUT2D eigenvalue weighted by Gasteiger charge is 2.45. The maximum absolute atomic E-state index is 12.5. The Labute approximate surface area is 138 Å². The standard InChI is InChI=1S/C18H16N2O4/c1-23-12-5-2-10(3-6-12)15-13-7-4-11(21)8-14(13)24-18-16(15)17(22)19-9-20-18/h2-9,15-16,18,21H,1H3,(H,19,20,22). The van der Waals surface area contributed by atoms with Gasteiger partial charge in [0.25, 0.3) is 0 Å². The molecule has 2 aliphatic rings. The van der Waals surface area contributed by atoms with Crippen molar-refractivity contribution in [2.45, 2.75) is 12.1 Å². The van der Waals surface area contributed by atoms with Gasteiger partial charge >= 0.3 is 0 Å². The Morgan fingerprint density at radius 2 is 2.00 bits per heavy atom. The second-order valence-electron chi connectivity index (χ2n) is 5.79. The van der Waals surface area contributed by atoms with Crippen molar-refractivity contribution in [2.75, 3.05) is 7.11 Å². The third-order valence-corrected chi connectivity index (χ3v) is 4.45. The van der Waals surface area contributed by atoms with Gasteiger partial charge in [-0.25, -0.2) is 4.99 Å². The molecule has 0 bridgehead atoms. The van der Waals surface area contributed by atoms with Crippen LogP contribution in [-0.4, -0.2) is 30.7 Å². The van der Waals surface area contributed by atoms with Crippen LogP contribution in [-0.2, 0) is 4.79 Å². The Kier molecular flexibility index (Phi) is 3.37. The van der Waals surface area contributed by atoms with Crippen LogP contribution in [0, 0.1) is 5.92 Å². The number of hydrogen-bond donors (Lipinski definition) is 2. The van der Waals surface area contributed by atoms with Crippen molar-refractivity contribution in [3.05, 3.63) is 53.6 Å². The SMILES string of the molecule is COc1ccc(C2c3ccc(O)cc3OC3N=CNC(=O)C32)cc1. The zero-order valence-corrected chi connectivity index (χ0v) is 13.0. The Balaban J connectivity index is 1.86. The number of aromatic hydroxyl groups is 1. The van der Waals surface area contributed by atoms with Crippen molar-refractivity contribution in [3.8, 4) is 17.2 Å². The van der Waals surface area contributed by atoms with Gasteiger partial charge < -0.3 is 19.9 Å². The molecule has 2 aromatic carbocycles. The Morgan fingerprint density at radius 1 is 1.21 bits per heavy atom. The number of amides is 1. The quantitative estimate of drug-likeness (QED) is 0.886. The van der Waals surface area contributed by atoms with Crippen LogP contribution in [0.15, 0.2) is 47.5 Å². The van der Waals surface area contributed by atoms with Gasteiger partial charge in [-0.15, -0.1) is 0 Å². The number of methoxy groups -OCH3 is 1. The van der Waals surface area contributed by atoms with E-state index in [0.29, 0.717) is 5.75 Å². The van der Waals surface area contributed by atoms with Crippen molar-refractivity contribution < 1.29 is 19.4 Å². The third-order valence-electron chi connectivity index (χ3n) is 4.45. The molecular formula is C18H16N2O4. The molecule has 0 fully saturated rings. The number of carbonyl (C=O) groups excluding carboxylic acids is 1. The van der Waals surface area contributed by atoms with Crippen molar-refractivity contribution in [1.82, 2.24) is 5.32 Å². The van der Waals surface area contributed by atoms with Gasteiger partial charge in [0.05, 0.1) is 13.4 Å². The Hall–Kier alpha value is -3.02. The van der Waals surface area contributed by atoms with Crippen LogP contribution in [0.5, 0.6) is 17.2 Å². The first-order valence-electron chi connectivity index (χ1n) is 7.63. The summed E-state index contributed by atoms with van der Waals surface area (Å²) < 4.78 is 11.0. The van der Waals surface area contributed by atoms with Crippen molar-refractivity contribution in [3.63, 3.8) is 0 Å². The Morgan fingerprint density at radius 3 is 2.75 bits per heavy atom. The van der Waals surface area contributed by atoms with Gasteiger partial charge in [0.2, 0.25) is 12.1 Å². The van der Waals surface area contributed by atoms with E-state index in [-0.39, 0.29) is 17.6 Å². The molecule has 2 heterocycles. The predicted molar refractivity (Wildman–Crippen MR) is 87.5 cm³/mol. The molecule has 0 aromatic heterocycles. The fraction of sp³-hybridized carbons (Fsp3) is 0.222. The first-order chi connectivity index (χ1) is 11.7. The maximum atomic E-state index is 12.5. The van der Waals surface area contributed by atoms with Crippen LogP contribution in [0.3, 0.4) is 0 Å². The third kappa shape index (κ3) is 2.27. The van der Waals surface area contributed by atoms with E-state index in [1.54, 1.807) is 25.3 Å². The smallest absolute Gasteiger partial charge is 0.234 e. The van der Waals surface area contributed by atoms with E-state index in [0.717, 1.165) is 16.9 Å². The summed E-state index contributed by atoms with van der Waals surface area (Å²) >= 11 is 0. The van der Waals surface area contributed by atoms with Gasteiger partial charge in [-0.05, 0) is 23.8 Å². The molecule has 6 nitrogen and oxygen atoms in total. The van der Waals surface area contributed by atoms with Gasteiger partial charge in [0.15, 0.2) is 0 Å². The molecular weight excluding hydrogens is 308 g/mol. The fourth-order valence-corrected chi connectivity index (χ4v) is 3.32. The van der Waals surface area contributed by atoms with E-state index in [4.69, 9.17) is 9.47 Å². The molecule has 0 saturated heterocycles. The molecule has 6 heteroatoms. The highest BCUT2D eigenvalue weighted by molar-refractivity contribution is 5.93. The normalized spacial score (nSPS) is 24.4. The summed E-state index contributed by atoms with van der Waals surface area (Å²) in [6.07, 6.45) is 0.752. The monoisotopic (exact) mass is 324 g/mol. The topological polar surface area (TPSA) is 80.2 Å². The van der Waals surface area contributed by atoms with Gasteiger partial charge in [0, 0.05) is 17.5 Å². The van der Waals surface area contributed by atoms with Crippen molar-refractivity contribution >= 4 is 12.2 Å². The number of rotatable bonds is 2. The van der Waals surface area contributed by atoms with E-state index in [9.17, 15) is 9.90 Å². The van der Waals surface area contributed by atoms with Crippen LogP contribution in [0.1, 0.15) is 17.0 Å². The molecule has 2 aliphatic heterocycles. The van der Waals surface area contributed by atoms with Crippen LogP contribution in [0.2, 0.25) is 0 Å². The number of phenols is 1. The lowest BCUT2D eigenvalue weighted by atomic mass is 9.77. The number of nitrogens with one attached hydrogen (secondary N) is 1. The van der Waals surface area contributed by atoms with E-state index in [2.05, 4.69) is 10.3 Å². The number of hydrogen-bond acceptors (Lipinski definition) is 5. The summed E-state index contributed by atoms with van der Waals surface area (Å²) in [6.45, 7) is 0.